The molecule has 0 bridgehead atoms. The van der Waals surface area contributed by atoms with Crippen molar-refractivity contribution in [1.82, 2.24) is 0 Å². The van der Waals surface area contributed by atoms with Crippen LogP contribution in [0.25, 0.3) is 0 Å². The largest absolute Gasteiger partial charge is 1.00 e. The maximum Gasteiger partial charge on any atom is 1.00 e. The van der Waals surface area contributed by atoms with Gasteiger partial charge in [-0.05, 0) is 12.5 Å². The van der Waals surface area contributed by atoms with E-state index in [1.165, 1.54) is 3.59 Å². The van der Waals surface area contributed by atoms with Crippen LogP contribution in [0.5, 0.6) is 0 Å². The van der Waals surface area contributed by atoms with E-state index in [1.54, 1.807) is 11.8 Å². The van der Waals surface area contributed by atoms with Gasteiger partial charge < -0.3 is 0 Å². The SMILES string of the molecule is C=[C]([CH2-])[Sn]([CH3])([CH3])[CH3].CSC.[Cu+]. The minimum absolute atomic E-state index is 0. The minimum atomic E-state index is -1.67. The molecule has 0 atom stereocenters. The van der Waals surface area contributed by atoms with Crippen molar-refractivity contribution in [2.75, 3.05) is 12.5 Å². The van der Waals surface area contributed by atoms with Crippen LogP contribution < -0.4 is 0 Å². The predicted octanol–water partition coefficient (Wildman–Crippen LogP) is 3.23. The van der Waals surface area contributed by atoms with Gasteiger partial charge in [0.2, 0.25) is 0 Å². The molecule has 3 heteroatoms. The Bertz CT molecular complexity index is 96.8. The van der Waals surface area contributed by atoms with E-state index in [0.717, 1.165) is 0 Å². The number of allylic oxidation sites excluding steroid dienone is 1. The van der Waals surface area contributed by atoms with Crippen molar-refractivity contribution in [2.24, 2.45) is 0 Å². The first-order chi connectivity index (χ1) is 4.36. The zero-order chi connectivity index (χ0) is 8.78. The van der Waals surface area contributed by atoms with E-state index in [1.807, 2.05) is 12.5 Å². The van der Waals surface area contributed by atoms with E-state index in [2.05, 4.69) is 28.3 Å². The molecule has 0 unspecified atom stereocenters. The van der Waals surface area contributed by atoms with Crippen LogP contribution in [-0.4, -0.2) is 30.9 Å². The molecule has 0 saturated heterocycles. The molecule has 0 aromatic rings. The van der Waals surface area contributed by atoms with Gasteiger partial charge >= 0.3 is 67.4 Å². The summed E-state index contributed by atoms with van der Waals surface area (Å²) in [4.78, 5) is 6.93. The van der Waals surface area contributed by atoms with E-state index in [9.17, 15) is 0 Å². The van der Waals surface area contributed by atoms with Crippen molar-refractivity contribution in [3.8, 4) is 0 Å². The molecule has 0 aliphatic heterocycles. The maximum atomic E-state index is 3.81. The van der Waals surface area contributed by atoms with E-state index in [-0.39, 0.29) is 17.1 Å². The minimum Gasteiger partial charge on any atom is -0.169 e. The summed E-state index contributed by atoms with van der Waals surface area (Å²) >= 11 is 0.0778. The average Bonchev–Trinajstić information content (AvgIpc) is 1.64. The Balaban J connectivity index is -0.000000140. The van der Waals surface area contributed by atoms with E-state index in [4.69, 9.17) is 0 Å². The molecular formula is C8H19CuSSn. The second-order valence-electron chi connectivity index (χ2n) is 3.26. The standard InChI is InChI=1S/C3H4.C2H6S.3CH3.Cu.Sn/c2*1-3-2;;;;;/h1-2H2;1-2H3;3*1H3;;/q-1;;;;;+1;. The first-order valence-electron chi connectivity index (χ1n) is 3.27. The summed E-state index contributed by atoms with van der Waals surface area (Å²) in [6, 6.07) is 0. The molecule has 11 heavy (non-hydrogen) atoms. The summed E-state index contributed by atoms with van der Waals surface area (Å²) in [5.74, 6) is 0. The Labute approximate surface area is 90.9 Å². The van der Waals surface area contributed by atoms with Crippen LogP contribution in [0.1, 0.15) is 0 Å². The van der Waals surface area contributed by atoms with E-state index in [0.29, 0.717) is 0 Å². The molecule has 0 spiro atoms. The molecule has 0 radical (unpaired) electrons. The number of thioether (sulfide) groups is 1. The van der Waals surface area contributed by atoms with Gasteiger partial charge in [0.25, 0.3) is 0 Å². The van der Waals surface area contributed by atoms with Gasteiger partial charge in [-0.1, -0.05) is 0 Å². The van der Waals surface area contributed by atoms with Crippen LogP contribution in [0.15, 0.2) is 10.2 Å². The van der Waals surface area contributed by atoms with Crippen LogP contribution in [0.4, 0.5) is 0 Å². The first-order valence-corrected chi connectivity index (χ1v) is 14.9. The van der Waals surface area contributed by atoms with Gasteiger partial charge in [0.15, 0.2) is 0 Å². The van der Waals surface area contributed by atoms with Gasteiger partial charge in [-0.15, -0.1) is 0 Å². The molecule has 0 amide bonds. The number of rotatable bonds is 1. The third kappa shape index (κ3) is 18.3. The fraction of sp³-hybridized carbons (Fsp3) is 0.625. The van der Waals surface area contributed by atoms with Crippen LogP contribution in [-0.2, 0) is 17.1 Å². The zero-order valence-corrected chi connectivity index (χ0v) is 12.7. The van der Waals surface area contributed by atoms with Crippen molar-refractivity contribution in [1.29, 1.82) is 0 Å². The molecule has 0 aliphatic rings. The van der Waals surface area contributed by atoms with Gasteiger partial charge in [0, 0.05) is 0 Å². The van der Waals surface area contributed by atoms with E-state index < -0.39 is 18.4 Å². The van der Waals surface area contributed by atoms with Crippen LogP contribution >= 0.6 is 11.8 Å². The van der Waals surface area contributed by atoms with Gasteiger partial charge in [-0.3, -0.25) is 0 Å². The summed E-state index contributed by atoms with van der Waals surface area (Å²) in [5, 5.41) is 0. The van der Waals surface area contributed by atoms with Gasteiger partial charge in [-0.2, -0.15) is 11.8 Å². The van der Waals surface area contributed by atoms with Crippen molar-refractivity contribution >= 4 is 30.1 Å². The second kappa shape index (κ2) is 9.37. The summed E-state index contributed by atoms with van der Waals surface area (Å²) < 4.78 is 1.20. The Morgan fingerprint density at radius 3 is 1.36 bits per heavy atom. The van der Waals surface area contributed by atoms with Crippen LogP contribution in [0.2, 0.25) is 14.8 Å². The summed E-state index contributed by atoms with van der Waals surface area (Å²) in [6.45, 7) is 7.62. The smallest absolute Gasteiger partial charge is 0.169 e. The molecule has 0 nitrogen and oxygen atoms in total. The molecule has 0 aliphatic carbocycles. The molecule has 0 heterocycles. The summed E-state index contributed by atoms with van der Waals surface area (Å²) in [7, 11) is 0. The summed E-state index contributed by atoms with van der Waals surface area (Å²) in [5.41, 5.74) is 0. The zero-order valence-electron chi connectivity index (χ0n) is 8.12. The van der Waals surface area contributed by atoms with Crippen molar-refractivity contribution in [3.63, 3.8) is 0 Å². The van der Waals surface area contributed by atoms with Crippen LogP contribution in [0.3, 0.4) is 0 Å². The molecular weight excluding hydrogens is 310 g/mol. The molecule has 0 fully saturated rings. The third-order valence-electron chi connectivity index (χ3n) is 1.06. The quantitative estimate of drug-likeness (QED) is 0.526. The average molecular weight is 330 g/mol. The molecule has 0 aromatic heterocycles. The summed E-state index contributed by atoms with van der Waals surface area (Å²) in [6.07, 6.45) is 4.08. The van der Waals surface area contributed by atoms with Gasteiger partial charge in [0.1, 0.15) is 0 Å². The van der Waals surface area contributed by atoms with Gasteiger partial charge in [-0.25, -0.2) is 0 Å². The van der Waals surface area contributed by atoms with E-state index >= 15 is 0 Å². The molecule has 0 N–H and O–H groups in total. The second-order valence-corrected chi connectivity index (χ2v) is 18.9. The third-order valence-corrected chi connectivity index (χ3v) is 7.12. The van der Waals surface area contributed by atoms with Crippen molar-refractivity contribution in [3.05, 3.63) is 17.1 Å². The van der Waals surface area contributed by atoms with Gasteiger partial charge in [0.05, 0.1) is 0 Å². The predicted molar refractivity (Wildman–Crippen MR) is 57.3 cm³/mol. The Morgan fingerprint density at radius 2 is 1.36 bits per heavy atom. The fourth-order valence-corrected chi connectivity index (χ4v) is 0. The Hall–Kier alpha value is 1.28. The molecule has 0 aromatic carbocycles. The maximum absolute atomic E-state index is 3.81. The monoisotopic (exact) mass is 330 g/mol. The normalized spacial score (nSPS) is 8.82. The van der Waals surface area contributed by atoms with Crippen molar-refractivity contribution in [2.45, 2.75) is 14.8 Å². The molecule has 72 valence electrons. The fourth-order valence-electron chi connectivity index (χ4n) is 0. The Morgan fingerprint density at radius 1 is 1.27 bits per heavy atom. The number of hydrogen-bond acceptors (Lipinski definition) is 1. The van der Waals surface area contributed by atoms with Crippen LogP contribution in [0, 0.1) is 6.92 Å². The first kappa shape index (κ1) is 18.1. The Kier molecular flexibility index (Phi) is 15.4. The molecule has 0 saturated carbocycles. The number of hydrogen-bond donors (Lipinski definition) is 0. The van der Waals surface area contributed by atoms with Crippen molar-refractivity contribution < 1.29 is 17.1 Å². The topological polar surface area (TPSA) is 0 Å². The molecule has 0 rings (SSSR count).